The van der Waals surface area contributed by atoms with Gasteiger partial charge in [0.1, 0.15) is 9.84 Å². The molecular formula is C15H22N2O2S. The van der Waals surface area contributed by atoms with Crippen LogP contribution in [0.4, 0.5) is 0 Å². The smallest absolute Gasteiger partial charge is 0.150 e. The van der Waals surface area contributed by atoms with Crippen molar-refractivity contribution < 1.29 is 8.42 Å². The van der Waals surface area contributed by atoms with Crippen molar-refractivity contribution in [3.63, 3.8) is 0 Å². The van der Waals surface area contributed by atoms with E-state index < -0.39 is 9.84 Å². The molecule has 5 heteroatoms. The van der Waals surface area contributed by atoms with Gasteiger partial charge in [0, 0.05) is 25.7 Å². The zero-order chi connectivity index (χ0) is 14.2. The maximum absolute atomic E-state index is 11.6. The van der Waals surface area contributed by atoms with Gasteiger partial charge in [0.15, 0.2) is 0 Å². The summed E-state index contributed by atoms with van der Waals surface area (Å²) in [5, 5.41) is 0. The highest BCUT2D eigenvalue weighted by Gasteiger charge is 2.34. The highest BCUT2D eigenvalue weighted by molar-refractivity contribution is 7.91. The molecule has 0 aromatic heterocycles. The summed E-state index contributed by atoms with van der Waals surface area (Å²) in [6.07, 6.45) is 1.52. The van der Waals surface area contributed by atoms with Gasteiger partial charge in [0.2, 0.25) is 0 Å². The molecule has 1 unspecified atom stereocenters. The highest BCUT2D eigenvalue weighted by Crippen LogP contribution is 2.31. The maximum Gasteiger partial charge on any atom is 0.150 e. The van der Waals surface area contributed by atoms with Crippen molar-refractivity contribution in [3.05, 3.63) is 35.4 Å². The Morgan fingerprint density at radius 2 is 1.70 bits per heavy atom. The number of rotatable bonds is 3. The van der Waals surface area contributed by atoms with Crippen LogP contribution in [0.3, 0.4) is 0 Å². The van der Waals surface area contributed by atoms with Gasteiger partial charge in [-0.3, -0.25) is 4.90 Å². The van der Waals surface area contributed by atoms with Crippen molar-refractivity contribution >= 4 is 9.84 Å². The molecule has 110 valence electrons. The van der Waals surface area contributed by atoms with Crippen LogP contribution in [0.15, 0.2) is 24.3 Å². The largest absolute Gasteiger partial charge is 0.329 e. The Balaban J connectivity index is 1.70. The Bertz CT molecular complexity index is 546. The van der Waals surface area contributed by atoms with Crippen LogP contribution in [-0.4, -0.2) is 37.4 Å². The lowest BCUT2D eigenvalue weighted by Gasteiger charge is -2.35. The first-order valence-electron chi connectivity index (χ1n) is 7.30. The zero-order valence-corrected chi connectivity index (χ0v) is 12.5. The fourth-order valence-corrected chi connectivity index (χ4v) is 5.05. The Labute approximate surface area is 120 Å². The quantitative estimate of drug-likeness (QED) is 0.908. The SMILES string of the molecule is NCC(C1CCS(=O)(=O)CC1)N1Cc2ccccc2C1. The van der Waals surface area contributed by atoms with Crippen molar-refractivity contribution in [2.75, 3.05) is 18.1 Å². The van der Waals surface area contributed by atoms with Gasteiger partial charge in [-0.05, 0) is 29.9 Å². The summed E-state index contributed by atoms with van der Waals surface area (Å²) in [5.74, 6) is 1.07. The Hall–Kier alpha value is -0.910. The molecule has 20 heavy (non-hydrogen) atoms. The van der Waals surface area contributed by atoms with E-state index in [1.54, 1.807) is 0 Å². The molecule has 2 aliphatic heterocycles. The molecule has 4 nitrogen and oxygen atoms in total. The number of hydrogen-bond donors (Lipinski definition) is 1. The normalized spacial score (nSPS) is 24.4. The first-order valence-corrected chi connectivity index (χ1v) is 9.12. The van der Waals surface area contributed by atoms with Gasteiger partial charge >= 0.3 is 0 Å². The standard InChI is InChI=1S/C15H22N2O2S/c16-9-15(12-5-7-20(18,19)8-6-12)17-10-13-3-1-2-4-14(13)11-17/h1-4,12,15H,5-11,16H2. The monoisotopic (exact) mass is 294 g/mol. The van der Waals surface area contributed by atoms with E-state index in [4.69, 9.17) is 5.73 Å². The van der Waals surface area contributed by atoms with Gasteiger partial charge in [-0.2, -0.15) is 0 Å². The van der Waals surface area contributed by atoms with Crippen LogP contribution >= 0.6 is 0 Å². The van der Waals surface area contributed by atoms with Crippen molar-refractivity contribution in [2.45, 2.75) is 32.0 Å². The molecule has 1 aromatic carbocycles. The van der Waals surface area contributed by atoms with Crippen LogP contribution in [0.25, 0.3) is 0 Å². The van der Waals surface area contributed by atoms with E-state index in [9.17, 15) is 8.42 Å². The van der Waals surface area contributed by atoms with Crippen LogP contribution < -0.4 is 5.73 Å². The molecule has 1 fully saturated rings. The third-order valence-corrected chi connectivity index (χ3v) is 6.43. The summed E-state index contributed by atoms with van der Waals surface area (Å²) < 4.78 is 23.1. The van der Waals surface area contributed by atoms with Crippen molar-refractivity contribution in [3.8, 4) is 0 Å². The van der Waals surface area contributed by atoms with E-state index in [0.717, 1.165) is 25.9 Å². The van der Waals surface area contributed by atoms with Crippen LogP contribution in [0, 0.1) is 5.92 Å². The summed E-state index contributed by atoms with van der Waals surface area (Å²) >= 11 is 0. The third-order valence-electron chi connectivity index (χ3n) is 4.72. The predicted octanol–water partition coefficient (Wildman–Crippen LogP) is 1.15. The highest BCUT2D eigenvalue weighted by atomic mass is 32.2. The summed E-state index contributed by atoms with van der Waals surface area (Å²) in [6, 6.07) is 8.81. The second-order valence-electron chi connectivity index (χ2n) is 5.97. The van der Waals surface area contributed by atoms with Crippen LogP contribution in [0.2, 0.25) is 0 Å². The van der Waals surface area contributed by atoms with Crippen molar-refractivity contribution in [1.82, 2.24) is 4.90 Å². The van der Waals surface area contributed by atoms with E-state index in [2.05, 4.69) is 29.2 Å². The Kier molecular flexibility index (Phi) is 3.84. The fourth-order valence-electron chi connectivity index (χ4n) is 3.53. The fraction of sp³-hybridized carbons (Fsp3) is 0.600. The second-order valence-corrected chi connectivity index (χ2v) is 8.27. The number of benzene rings is 1. The second kappa shape index (κ2) is 5.47. The van der Waals surface area contributed by atoms with E-state index >= 15 is 0 Å². The summed E-state index contributed by atoms with van der Waals surface area (Å²) in [4.78, 5) is 2.42. The molecule has 0 spiro atoms. The van der Waals surface area contributed by atoms with Crippen LogP contribution in [0.5, 0.6) is 0 Å². The maximum atomic E-state index is 11.6. The zero-order valence-electron chi connectivity index (χ0n) is 11.7. The molecule has 0 radical (unpaired) electrons. The minimum atomic E-state index is -2.79. The summed E-state index contributed by atoms with van der Waals surface area (Å²) in [5.41, 5.74) is 8.76. The minimum absolute atomic E-state index is 0.304. The number of nitrogens with zero attached hydrogens (tertiary/aromatic N) is 1. The average Bonchev–Trinajstić information content (AvgIpc) is 2.85. The van der Waals surface area contributed by atoms with E-state index in [0.29, 0.717) is 30.0 Å². The molecular weight excluding hydrogens is 272 g/mol. The lowest BCUT2D eigenvalue weighted by molar-refractivity contribution is 0.138. The first kappa shape index (κ1) is 14.0. The molecule has 2 aliphatic rings. The molecule has 2 heterocycles. The summed E-state index contributed by atoms with van der Waals surface area (Å²) in [7, 11) is -2.79. The van der Waals surface area contributed by atoms with Crippen molar-refractivity contribution in [1.29, 1.82) is 0 Å². The number of hydrogen-bond acceptors (Lipinski definition) is 4. The predicted molar refractivity (Wildman–Crippen MR) is 79.9 cm³/mol. The number of fused-ring (bicyclic) bond motifs is 1. The van der Waals surface area contributed by atoms with Crippen molar-refractivity contribution in [2.24, 2.45) is 11.7 Å². The molecule has 1 atom stereocenters. The van der Waals surface area contributed by atoms with Gasteiger partial charge in [-0.15, -0.1) is 0 Å². The Morgan fingerprint density at radius 1 is 1.15 bits per heavy atom. The molecule has 0 amide bonds. The first-order chi connectivity index (χ1) is 9.59. The molecule has 0 aliphatic carbocycles. The van der Waals surface area contributed by atoms with Gasteiger partial charge in [-0.25, -0.2) is 8.42 Å². The molecule has 0 saturated carbocycles. The van der Waals surface area contributed by atoms with Crippen LogP contribution in [0.1, 0.15) is 24.0 Å². The third kappa shape index (κ3) is 2.75. The summed E-state index contributed by atoms with van der Waals surface area (Å²) in [6.45, 7) is 2.50. The molecule has 2 N–H and O–H groups in total. The Morgan fingerprint density at radius 3 is 2.20 bits per heavy atom. The van der Waals surface area contributed by atoms with E-state index in [-0.39, 0.29) is 0 Å². The molecule has 0 bridgehead atoms. The topological polar surface area (TPSA) is 63.4 Å². The van der Waals surface area contributed by atoms with E-state index in [1.165, 1.54) is 11.1 Å². The van der Waals surface area contributed by atoms with Gasteiger partial charge < -0.3 is 5.73 Å². The molecule has 3 rings (SSSR count). The number of sulfone groups is 1. The minimum Gasteiger partial charge on any atom is -0.329 e. The molecule has 1 saturated heterocycles. The lowest BCUT2D eigenvalue weighted by Crippen LogP contribution is -2.45. The van der Waals surface area contributed by atoms with E-state index in [1.807, 2.05) is 0 Å². The lowest BCUT2D eigenvalue weighted by atomic mass is 9.92. The van der Waals surface area contributed by atoms with Gasteiger partial charge in [0.05, 0.1) is 11.5 Å². The van der Waals surface area contributed by atoms with Crippen LogP contribution in [-0.2, 0) is 22.9 Å². The average molecular weight is 294 g/mol. The number of nitrogens with two attached hydrogens (primary N) is 1. The molecule has 1 aromatic rings. The van der Waals surface area contributed by atoms with Gasteiger partial charge in [-0.1, -0.05) is 24.3 Å². The van der Waals surface area contributed by atoms with Gasteiger partial charge in [0.25, 0.3) is 0 Å².